The van der Waals surface area contributed by atoms with Crippen LogP contribution in [0, 0.1) is 5.92 Å². The van der Waals surface area contributed by atoms with Crippen LogP contribution in [0.3, 0.4) is 0 Å². The van der Waals surface area contributed by atoms with Gasteiger partial charge in [0.2, 0.25) is 5.91 Å². The minimum Gasteiger partial charge on any atom is -0.475 e. The number of alkyl halides is 3. The molecule has 2 aliphatic rings. The van der Waals surface area contributed by atoms with Crippen LogP contribution in [-0.2, 0) is 20.9 Å². The summed E-state index contributed by atoms with van der Waals surface area (Å²) in [4.78, 5) is 27.1. The van der Waals surface area contributed by atoms with Crippen LogP contribution in [-0.4, -0.2) is 62.7 Å². The molecule has 1 spiro atoms. The van der Waals surface area contributed by atoms with Gasteiger partial charge in [-0.05, 0) is 36.5 Å². The van der Waals surface area contributed by atoms with Crippen molar-refractivity contribution in [1.82, 2.24) is 9.88 Å². The lowest BCUT2D eigenvalue weighted by atomic mass is 9.92. The summed E-state index contributed by atoms with van der Waals surface area (Å²) >= 11 is 1.99. The van der Waals surface area contributed by atoms with Gasteiger partial charge in [-0.15, -0.1) is 11.8 Å². The number of carboxylic acid groups (broad SMARTS) is 1. The first kappa shape index (κ1) is 24.5. The molecular formula is C20H27F3N2O4S. The van der Waals surface area contributed by atoms with Crippen LogP contribution in [0.1, 0.15) is 38.7 Å². The van der Waals surface area contributed by atoms with Gasteiger partial charge in [0.1, 0.15) is 0 Å². The highest BCUT2D eigenvalue weighted by Crippen LogP contribution is 2.46. The van der Waals surface area contributed by atoms with Crippen molar-refractivity contribution in [1.29, 1.82) is 0 Å². The van der Waals surface area contributed by atoms with Crippen molar-refractivity contribution in [3.8, 4) is 0 Å². The number of rotatable bonds is 6. The molecule has 30 heavy (non-hydrogen) atoms. The number of pyridine rings is 1. The maximum atomic E-state index is 12.1. The first-order valence-electron chi connectivity index (χ1n) is 9.73. The third-order valence-corrected chi connectivity index (χ3v) is 6.47. The number of halogens is 3. The molecule has 168 valence electrons. The third-order valence-electron chi connectivity index (χ3n) is 4.90. The maximum absolute atomic E-state index is 12.1. The molecule has 2 saturated heterocycles. The van der Waals surface area contributed by atoms with E-state index in [0.717, 1.165) is 31.7 Å². The number of carbonyl (C=O) groups excluding carboxylic acids is 1. The van der Waals surface area contributed by atoms with Crippen LogP contribution >= 0.6 is 11.8 Å². The Morgan fingerprint density at radius 3 is 2.47 bits per heavy atom. The van der Waals surface area contributed by atoms with E-state index in [1.807, 2.05) is 28.8 Å². The molecule has 1 aromatic rings. The number of aliphatic carboxylic acids is 1. The van der Waals surface area contributed by atoms with Crippen molar-refractivity contribution in [3.63, 3.8) is 0 Å². The Bertz CT molecular complexity index is 710. The number of hydrogen-bond acceptors (Lipinski definition) is 5. The van der Waals surface area contributed by atoms with E-state index in [4.69, 9.17) is 14.6 Å². The van der Waals surface area contributed by atoms with Gasteiger partial charge in [0, 0.05) is 37.7 Å². The lowest BCUT2D eigenvalue weighted by Gasteiger charge is -2.47. The highest BCUT2D eigenvalue weighted by Gasteiger charge is 2.50. The Labute approximate surface area is 178 Å². The van der Waals surface area contributed by atoms with Crippen LogP contribution < -0.4 is 0 Å². The molecule has 2 fully saturated rings. The number of thioether (sulfide) groups is 1. The van der Waals surface area contributed by atoms with E-state index in [1.165, 1.54) is 5.56 Å². The average molecular weight is 449 g/mol. The molecule has 0 saturated carbocycles. The second kappa shape index (κ2) is 10.5. The number of carboxylic acids is 1. The Kier molecular flexibility index (Phi) is 8.54. The van der Waals surface area contributed by atoms with Gasteiger partial charge in [-0.1, -0.05) is 13.8 Å². The zero-order chi connectivity index (χ0) is 22.4. The van der Waals surface area contributed by atoms with E-state index >= 15 is 0 Å². The van der Waals surface area contributed by atoms with Crippen molar-refractivity contribution < 1.29 is 32.6 Å². The fourth-order valence-electron chi connectivity index (χ4n) is 3.22. The summed E-state index contributed by atoms with van der Waals surface area (Å²) in [6, 6.07) is 3.99. The van der Waals surface area contributed by atoms with Crippen LogP contribution in [0.15, 0.2) is 24.5 Å². The molecule has 1 unspecified atom stereocenters. The summed E-state index contributed by atoms with van der Waals surface area (Å²) < 4.78 is 38.0. The lowest BCUT2D eigenvalue weighted by Crippen LogP contribution is -2.60. The molecule has 1 N–H and O–H groups in total. The molecule has 0 radical (unpaired) electrons. The normalized spacial score (nSPS) is 19.9. The van der Waals surface area contributed by atoms with Crippen molar-refractivity contribution in [2.24, 2.45) is 5.92 Å². The number of amides is 1. The van der Waals surface area contributed by atoms with Crippen LogP contribution in [0.2, 0.25) is 0 Å². The molecular weight excluding hydrogens is 421 g/mol. The van der Waals surface area contributed by atoms with E-state index in [2.05, 4.69) is 18.8 Å². The van der Waals surface area contributed by atoms with Gasteiger partial charge in [0.25, 0.3) is 0 Å². The molecule has 6 nitrogen and oxygen atoms in total. The number of hydrogen-bond donors (Lipinski definition) is 1. The van der Waals surface area contributed by atoms with Crippen molar-refractivity contribution in [3.05, 3.63) is 30.1 Å². The molecule has 1 aromatic heterocycles. The first-order chi connectivity index (χ1) is 14.0. The largest absolute Gasteiger partial charge is 0.490 e. The minimum absolute atomic E-state index is 0.260. The lowest BCUT2D eigenvalue weighted by molar-refractivity contribution is -0.192. The van der Waals surface area contributed by atoms with E-state index in [-0.39, 0.29) is 4.75 Å². The zero-order valence-electron chi connectivity index (χ0n) is 17.0. The maximum Gasteiger partial charge on any atom is 0.490 e. The van der Waals surface area contributed by atoms with Crippen LogP contribution in [0.4, 0.5) is 13.2 Å². The SMILES string of the molecule is CC(C)CCC(=O)N1CC2(CC(OCc3ccncc3)CS2)C1.O=C(O)C(F)(F)F. The van der Waals surface area contributed by atoms with Gasteiger partial charge < -0.3 is 14.7 Å². The molecule has 3 rings (SSSR count). The Hall–Kier alpha value is -1.81. The molecule has 2 aliphatic heterocycles. The van der Waals surface area contributed by atoms with Gasteiger partial charge in [0.05, 0.1) is 17.5 Å². The fraction of sp³-hybridized carbons (Fsp3) is 0.650. The van der Waals surface area contributed by atoms with E-state index in [0.29, 0.717) is 31.0 Å². The highest BCUT2D eigenvalue weighted by molar-refractivity contribution is 8.01. The summed E-state index contributed by atoms with van der Waals surface area (Å²) in [5, 5.41) is 7.12. The van der Waals surface area contributed by atoms with Gasteiger partial charge in [-0.2, -0.15) is 13.2 Å². The van der Waals surface area contributed by atoms with Gasteiger partial charge in [-0.3, -0.25) is 9.78 Å². The van der Waals surface area contributed by atoms with Gasteiger partial charge in [0.15, 0.2) is 0 Å². The molecule has 1 amide bonds. The highest BCUT2D eigenvalue weighted by atomic mass is 32.2. The number of carbonyl (C=O) groups is 2. The van der Waals surface area contributed by atoms with Gasteiger partial charge >= 0.3 is 12.1 Å². The third kappa shape index (κ3) is 7.46. The predicted octanol–water partition coefficient (Wildman–Crippen LogP) is 3.75. The second-order valence-corrected chi connectivity index (χ2v) is 9.46. The van der Waals surface area contributed by atoms with Gasteiger partial charge in [-0.25, -0.2) is 4.79 Å². The summed E-state index contributed by atoms with van der Waals surface area (Å²) in [5.74, 6) is -0.793. The molecule has 3 heterocycles. The number of likely N-dealkylation sites (tertiary alicyclic amines) is 1. The zero-order valence-corrected chi connectivity index (χ0v) is 17.8. The van der Waals surface area contributed by atoms with E-state index in [9.17, 15) is 18.0 Å². The van der Waals surface area contributed by atoms with Crippen LogP contribution in [0.25, 0.3) is 0 Å². The topological polar surface area (TPSA) is 79.7 Å². The average Bonchev–Trinajstić information content (AvgIpc) is 3.08. The fourth-order valence-corrected chi connectivity index (χ4v) is 4.77. The first-order valence-corrected chi connectivity index (χ1v) is 10.7. The van der Waals surface area contributed by atoms with E-state index < -0.39 is 12.1 Å². The molecule has 1 atom stereocenters. The van der Waals surface area contributed by atoms with Crippen molar-refractivity contribution >= 4 is 23.6 Å². The van der Waals surface area contributed by atoms with E-state index in [1.54, 1.807) is 12.4 Å². The Morgan fingerprint density at radius 1 is 1.33 bits per heavy atom. The Morgan fingerprint density at radius 2 is 1.93 bits per heavy atom. The summed E-state index contributed by atoms with van der Waals surface area (Å²) in [6.45, 7) is 6.80. The smallest absolute Gasteiger partial charge is 0.475 e. The molecule has 10 heteroatoms. The molecule has 0 bridgehead atoms. The van der Waals surface area contributed by atoms with Crippen LogP contribution in [0.5, 0.6) is 0 Å². The number of aromatic nitrogens is 1. The summed E-state index contributed by atoms with van der Waals surface area (Å²) in [6.07, 6.45) is 1.58. The minimum atomic E-state index is -5.08. The standard InChI is InChI=1S/C18H26N2O2S.C2HF3O2/c1-14(2)3-4-17(21)20-12-18(13-20)9-16(11-23-18)22-10-15-5-7-19-8-6-15;3-2(4,5)1(6)7/h5-8,14,16H,3-4,9-13H2,1-2H3;(H,6,7). The quantitative estimate of drug-likeness (QED) is 0.714. The molecule has 0 aliphatic carbocycles. The number of ether oxygens (including phenoxy) is 1. The number of nitrogens with zero attached hydrogens (tertiary/aromatic N) is 2. The Balaban J connectivity index is 0.000000396. The summed E-state index contributed by atoms with van der Waals surface area (Å²) in [5.41, 5.74) is 1.17. The predicted molar refractivity (Wildman–Crippen MR) is 107 cm³/mol. The van der Waals surface area contributed by atoms with Crippen molar-refractivity contribution in [2.45, 2.75) is 56.7 Å². The second-order valence-electron chi connectivity index (χ2n) is 7.97. The summed E-state index contributed by atoms with van der Waals surface area (Å²) in [7, 11) is 0. The monoisotopic (exact) mass is 448 g/mol. The van der Waals surface area contributed by atoms with Crippen molar-refractivity contribution in [2.75, 3.05) is 18.8 Å². The molecule has 0 aromatic carbocycles.